The van der Waals surface area contributed by atoms with E-state index in [1.165, 1.54) is 25.7 Å². The van der Waals surface area contributed by atoms with Crippen LogP contribution in [0.3, 0.4) is 0 Å². The SMILES string of the molecule is CC(C)C12CC3CC4(C1)C(C2)C[C@@]4(O)C3. The Balaban J connectivity index is 1.83. The summed E-state index contributed by atoms with van der Waals surface area (Å²) in [5.74, 6) is 2.57. The average Bonchev–Trinajstić information content (AvgIpc) is 2.42. The van der Waals surface area contributed by atoms with Crippen molar-refractivity contribution in [2.24, 2.45) is 28.6 Å². The van der Waals surface area contributed by atoms with Crippen LogP contribution in [-0.4, -0.2) is 10.7 Å². The molecule has 4 fully saturated rings. The summed E-state index contributed by atoms with van der Waals surface area (Å²) in [5, 5.41) is 10.7. The summed E-state index contributed by atoms with van der Waals surface area (Å²) >= 11 is 0. The zero-order valence-electron chi connectivity index (χ0n) is 9.92. The second kappa shape index (κ2) is 2.16. The summed E-state index contributed by atoms with van der Waals surface area (Å²) in [7, 11) is 0. The molecular formula is C14H22O. The van der Waals surface area contributed by atoms with Crippen molar-refractivity contribution in [2.75, 3.05) is 0 Å². The number of rotatable bonds is 1. The van der Waals surface area contributed by atoms with Crippen LogP contribution in [0.1, 0.15) is 52.4 Å². The van der Waals surface area contributed by atoms with Crippen LogP contribution in [0.4, 0.5) is 0 Å². The van der Waals surface area contributed by atoms with Crippen molar-refractivity contribution in [2.45, 2.75) is 58.0 Å². The maximum absolute atomic E-state index is 10.7. The van der Waals surface area contributed by atoms with Crippen LogP contribution in [0, 0.1) is 28.6 Å². The van der Waals surface area contributed by atoms with Crippen LogP contribution in [0.25, 0.3) is 0 Å². The lowest BCUT2D eigenvalue weighted by atomic mass is 9.52. The van der Waals surface area contributed by atoms with Gasteiger partial charge in [0, 0.05) is 5.41 Å². The van der Waals surface area contributed by atoms with E-state index in [9.17, 15) is 5.11 Å². The number of hydrogen-bond acceptors (Lipinski definition) is 1. The van der Waals surface area contributed by atoms with Crippen molar-refractivity contribution in [3.63, 3.8) is 0 Å². The van der Waals surface area contributed by atoms with Crippen molar-refractivity contribution < 1.29 is 5.11 Å². The maximum atomic E-state index is 10.7. The smallest absolute Gasteiger partial charge is 0.0712 e. The fourth-order valence-electron chi connectivity index (χ4n) is 6.15. The Labute approximate surface area is 92.3 Å². The first-order chi connectivity index (χ1) is 7.00. The molecule has 0 saturated heterocycles. The van der Waals surface area contributed by atoms with E-state index in [1.807, 2.05) is 0 Å². The van der Waals surface area contributed by atoms with Crippen LogP contribution >= 0.6 is 0 Å². The lowest BCUT2D eigenvalue weighted by molar-refractivity contribution is -0.177. The largest absolute Gasteiger partial charge is 0.389 e. The van der Waals surface area contributed by atoms with Gasteiger partial charge in [-0.05, 0) is 61.7 Å². The monoisotopic (exact) mass is 206 g/mol. The Morgan fingerprint density at radius 3 is 2.60 bits per heavy atom. The van der Waals surface area contributed by atoms with Gasteiger partial charge in [0.2, 0.25) is 0 Å². The third-order valence-corrected chi connectivity index (χ3v) is 6.81. The summed E-state index contributed by atoms with van der Waals surface area (Å²) in [6, 6.07) is 0. The van der Waals surface area contributed by atoms with Crippen molar-refractivity contribution >= 4 is 0 Å². The van der Waals surface area contributed by atoms with Gasteiger partial charge in [0.25, 0.3) is 0 Å². The molecule has 0 aromatic rings. The van der Waals surface area contributed by atoms with E-state index < -0.39 is 0 Å². The molecule has 0 amide bonds. The first-order valence-electron chi connectivity index (χ1n) is 6.72. The van der Waals surface area contributed by atoms with Crippen molar-refractivity contribution in [1.82, 2.24) is 0 Å². The van der Waals surface area contributed by atoms with Gasteiger partial charge in [-0.3, -0.25) is 0 Å². The molecule has 4 saturated carbocycles. The van der Waals surface area contributed by atoms with Gasteiger partial charge >= 0.3 is 0 Å². The van der Waals surface area contributed by atoms with E-state index in [2.05, 4.69) is 13.8 Å². The minimum Gasteiger partial charge on any atom is -0.389 e. The lowest BCUT2D eigenvalue weighted by Gasteiger charge is -2.55. The van der Waals surface area contributed by atoms with E-state index in [1.54, 1.807) is 0 Å². The maximum Gasteiger partial charge on any atom is 0.0712 e. The van der Waals surface area contributed by atoms with E-state index in [0.29, 0.717) is 10.8 Å². The molecule has 0 aliphatic heterocycles. The zero-order chi connectivity index (χ0) is 10.5. The molecule has 4 aliphatic carbocycles. The highest BCUT2D eigenvalue weighted by Gasteiger charge is 2.77. The molecule has 1 N–H and O–H groups in total. The van der Waals surface area contributed by atoms with Gasteiger partial charge in [0.05, 0.1) is 5.60 Å². The number of fused-ring (bicyclic) bond motifs is 2. The van der Waals surface area contributed by atoms with Crippen LogP contribution < -0.4 is 0 Å². The Morgan fingerprint density at radius 2 is 1.87 bits per heavy atom. The molecule has 84 valence electrons. The molecule has 1 nitrogen and oxygen atoms in total. The second-order valence-corrected chi connectivity index (χ2v) is 7.47. The molecule has 4 unspecified atom stereocenters. The third kappa shape index (κ3) is 0.740. The van der Waals surface area contributed by atoms with Gasteiger partial charge < -0.3 is 5.11 Å². The molecule has 3 bridgehead atoms. The predicted octanol–water partition coefficient (Wildman–Crippen LogP) is 2.97. The van der Waals surface area contributed by atoms with Gasteiger partial charge in [-0.15, -0.1) is 0 Å². The van der Waals surface area contributed by atoms with Crippen molar-refractivity contribution in [3.05, 3.63) is 0 Å². The molecular weight excluding hydrogens is 184 g/mol. The van der Waals surface area contributed by atoms with E-state index in [0.717, 1.165) is 30.6 Å². The fourth-order valence-corrected chi connectivity index (χ4v) is 6.15. The molecule has 0 aromatic heterocycles. The Morgan fingerprint density at radius 1 is 1.07 bits per heavy atom. The average molecular weight is 206 g/mol. The minimum atomic E-state index is -0.213. The molecule has 4 rings (SSSR count). The highest BCUT2D eigenvalue weighted by Crippen LogP contribution is 2.81. The van der Waals surface area contributed by atoms with E-state index in [4.69, 9.17) is 0 Å². The molecule has 1 heteroatoms. The van der Waals surface area contributed by atoms with E-state index in [-0.39, 0.29) is 5.60 Å². The molecule has 0 aromatic carbocycles. The minimum absolute atomic E-state index is 0.213. The third-order valence-electron chi connectivity index (χ3n) is 6.81. The van der Waals surface area contributed by atoms with E-state index >= 15 is 0 Å². The molecule has 1 spiro atoms. The second-order valence-electron chi connectivity index (χ2n) is 7.47. The van der Waals surface area contributed by atoms with Gasteiger partial charge in [0.1, 0.15) is 0 Å². The molecule has 4 aliphatic rings. The van der Waals surface area contributed by atoms with Crippen molar-refractivity contribution in [3.8, 4) is 0 Å². The topological polar surface area (TPSA) is 20.2 Å². The fraction of sp³-hybridized carbons (Fsp3) is 1.00. The Bertz CT molecular complexity index is 332. The van der Waals surface area contributed by atoms with Gasteiger partial charge in [0.15, 0.2) is 0 Å². The summed E-state index contributed by atoms with van der Waals surface area (Å²) < 4.78 is 0. The first-order valence-corrected chi connectivity index (χ1v) is 6.72. The summed E-state index contributed by atoms with van der Waals surface area (Å²) in [6.45, 7) is 4.82. The number of hydrogen-bond donors (Lipinski definition) is 1. The standard InChI is InChI=1S/C14H22O/c1-9(2)12-3-10-4-13(8-12)11(6-12)7-14(13,15)5-10/h9-11,15H,3-8H2,1-2H3/t10?,11?,12?,13?,14-/m0/s1. The predicted molar refractivity (Wildman–Crippen MR) is 59.3 cm³/mol. The quantitative estimate of drug-likeness (QED) is 0.699. The normalized spacial score (nSPS) is 64.8. The molecule has 0 radical (unpaired) electrons. The lowest BCUT2D eigenvalue weighted by Crippen LogP contribution is -2.57. The van der Waals surface area contributed by atoms with Crippen LogP contribution in [0.15, 0.2) is 0 Å². The molecule has 0 heterocycles. The van der Waals surface area contributed by atoms with Crippen LogP contribution in [-0.2, 0) is 0 Å². The Hall–Kier alpha value is -0.0400. The summed E-state index contributed by atoms with van der Waals surface area (Å²) in [5.41, 5.74) is 0.810. The summed E-state index contributed by atoms with van der Waals surface area (Å²) in [6.07, 6.45) is 7.85. The first kappa shape index (κ1) is 9.04. The zero-order valence-corrected chi connectivity index (χ0v) is 9.92. The van der Waals surface area contributed by atoms with Crippen LogP contribution in [0.2, 0.25) is 0 Å². The molecule has 5 atom stereocenters. The Kier molecular flexibility index (Phi) is 1.30. The van der Waals surface area contributed by atoms with Gasteiger partial charge in [-0.25, -0.2) is 0 Å². The highest BCUT2D eigenvalue weighted by atomic mass is 16.3. The van der Waals surface area contributed by atoms with Crippen molar-refractivity contribution in [1.29, 1.82) is 0 Å². The molecule has 15 heavy (non-hydrogen) atoms. The van der Waals surface area contributed by atoms with Gasteiger partial charge in [-0.2, -0.15) is 0 Å². The van der Waals surface area contributed by atoms with Crippen LogP contribution in [0.5, 0.6) is 0 Å². The highest BCUT2D eigenvalue weighted by molar-refractivity contribution is 5.27. The van der Waals surface area contributed by atoms with Gasteiger partial charge in [-0.1, -0.05) is 13.8 Å². The number of aliphatic hydroxyl groups is 1. The summed E-state index contributed by atoms with van der Waals surface area (Å²) in [4.78, 5) is 0.